The van der Waals surface area contributed by atoms with Crippen LogP contribution in [-0.4, -0.2) is 26.2 Å². The standard InChI is InChI=1S/C15H13ClN4OS/c1-20-12-5-3-2-4-11(12)18-15(20)22-9-14(21)19-13-7-6-10(16)8-17-13/h2-8H,9H2,1H3,(H,17,19,21). The van der Waals surface area contributed by atoms with Gasteiger partial charge in [0.1, 0.15) is 5.82 Å². The number of para-hydroxylation sites is 2. The highest BCUT2D eigenvalue weighted by Gasteiger charge is 2.10. The Morgan fingerprint density at radius 3 is 2.86 bits per heavy atom. The van der Waals surface area contributed by atoms with E-state index in [9.17, 15) is 4.79 Å². The quantitative estimate of drug-likeness (QED) is 0.744. The second-order valence-electron chi connectivity index (χ2n) is 4.64. The van der Waals surface area contributed by atoms with Crippen LogP contribution in [0.1, 0.15) is 0 Å². The number of amides is 1. The van der Waals surface area contributed by atoms with Crippen molar-refractivity contribution in [3.63, 3.8) is 0 Å². The maximum Gasteiger partial charge on any atom is 0.236 e. The minimum Gasteiger partial charge on any atom is -0.322 e. The van der Waals surface area contributed by atoms with E-state index in [1.165, 1.54) is 18.0 Å². The Bertz CT molecular complexity index is 816. The van der Waals surface area contributed by atoms with E-state index in [0.717, 1.165) is 16.2 Å². The molecule has 0 radical (unpaired) electrons. The second kappa shape index (κ2) is 6.37. The molecule has 5 nitrogen and oxygen atoms in total. The van der Waals surface area contributed by atoms with E-state index in [-0.39, 0.29) is 11.7 Å². The van der Waals surface area contributed by atoms with Gasteiger partial charge in [-0.3, -0.25) is 4.79 Å². The molecular formula is C15H13ClN4OS. The molecule has 0 aliphatic heterocycles. The van der Waals surface area contributed by atoms with Gasteiger partial charge in [0.15, 0.2) is 5.16 Å². The van der Waals surface area contributed by atoms with Gasteiger partial charge in [-0.25, -0.2) is 9.97 Å². The number of hydrogen-bond donors (Lipinski definition) is 1. The van der Waals surface area contributed by atoms with E-state index in [1.807, 2.05) is 35.9 Å². The first kappa shape index (κ1) is 14.9. The lowest BCUT2D eigenvalue weighted by Gasteiger charge is -2.04. The summed E-state index contributed by atoms with van der Waals surface area (Å²) >= 11 is 7.14. The van der Waals surface area contributed by atoms with Crippen molar-refractivity contribution in [2.75, 3.05) is 11.1 Å². The van der Waals surface area contributed by atoms with Crippen molar-refractivity contribution in [2.45, 2.75) is 5.16 Å². The van der Waals surface area contributed by atoms with Crippen LogP contribution in [-0.2, 0) is 11.8 Å². The number of hydrogen-bond acceptors (Lipinski definition) is 4. The molecule has 3 rings (SSSR count). The molecule has 22 heavy (non-hydrogen) atoms. The van der Waals surface area contributed by atoms with Gasteiger partial charge in [0.2, 0.25) is 5.91 Å². The van der Waals surface area contributed by atoms with Gasteiger partial charge in [0.05, 0.1) is 21.8 Å². The first-order chi connectivity index (χ1) is 10.6. The molecule has 0 aliphatic carbocycles. The average molecular weight is 333 g/mol. The lowest BCUT2D eigenvalue weighted by molar-refractivity contribution is -0.113. The summed E-state index contributed by atoms with van der Waals surface area (Å²) in [4.78, 5) is 20.5. The zero-order valence-electron chi connectivity index (χ0n) is 11.8. The Labute approximate surface area is 136 Å². The molecule has 0 spiro atoms. The van der Waals surface area contributed by atoms with Gasteiger partial charge in [-0.15, -0.1) is 0 Å². The number of aromatic nitrogens is 3. The van der Waals surface area contributed by atoms with Crippen molar-refractivity contribution in [1.29, 1.82) is 0 Å². The topological polar surface area (TPSA) is 59.8 Å². The van der Waals surface area contributed by atoms with Crippen LogP contribution >= 0.6 is 23.4 Å². The second-order valence-corrected chi connectivity index (χ2v) is 6.02. The Kier molecular flexibility index (Phi) is 4.31. The minimum absolute atomic E-state index is 0.133. The number of fused-ring (bicyclic) bond motifs is 1. The zero-order valence-corrected chi connectivity index (χ0v) is 13.4. The van der Waals surface area contributed by atoms with Crippen LogP contribution in [0.25, 0.3) is 11.0 Å². The average Bonchev–Trinajstić information content (AvgIpc) is 2.84. The highest BCUT2D eigenvalue weighted by molar-refractivity contribution is 7.99. The number of aryl methyl sites for hydroxylation is 1. The normalized spacial score (nSPS) is 10.8. The predicted octanol–water partition coefficient (Wildman–Crippen LogP) is 3.35. The number of thioether (sulfide) groups is 1. The van der Waals surface area contributed by atoms with Crippen molar-refractivity contribution < 1.29 is 4.79 Å². The molecule has 2 aromatic heterocycles. The lowest BCUT2D eigenvalue weighted by Crippen LogP contribution is -2.15. The smallest absolute Gasteiger partial charge is 0.236 e. The number of nitrogens with one attached hydrogen (secondary N) is 1. The third-order valence-electron chi connectivity index (χ3n) is 3.07. The maximum absolute atomic E-state index is 12.0. The number of pyridine rings is 1. The van der Waals surface area contributed by atoms with Crippen LogP contribution in [0, 0.1) is 0 Å². The van der Waals surface area contributed by atoms with E-state index in [4.69, 9.17) is 11.6 Å². The van der Waals surface area contributed by atoms with Gasteiger partial charge < -0.3 is 9.88 Å². The van der Waals surface area contributed by atoms with Crippen molar-refractivity contribution >= 4 is 46.1 Å². The minimum atomic E-state index is -0.133. The first-order valence-electron chi connectivity index (χ1n) is 6.59. The highest BCUT2D eigenvalue weighted by Crippen LogP contribution is 2.22. The van der Waals surface area contributed by atoms with E-state index in [0.29, 0.717) is 10.8 Å². The van der Waals surface area contributed by atoms with Gasteiger partial charge in [-0.05, 0) is 24.3 Å². The SMILES string of the molecule is Cn1c(SCC(=O)Nc2ccc(Cl)cn2)nc2ccccc21. The summed E-state index contributed by atoms with van der Waals surface area (Å²) < 4.78 is 1.98. The van der Waals surface area contributed by atoms with E-state index >= 15 is 0 Å². The molecule has 0 aliphatic rings. The summed E-state index contributed by atoms with van der Waals surface area (Å²) in [7, 11) is 1.94. The number of benzene rings is 1. The molecule has 1 amide bonds. The van der Waals surface area contributed by atoms with Gasteiger partial charge in [0, 0.05) is 13.2 Å². The molecule has 1 N–H and O–H groups in total. The van der Waals surface area contributed by atoms with Crippen molar-refractivity contribution in [1.82, 2.24) is 14.5 Å². The number of carbonyl (C=O) groups excluding carboxylic acids is 1. The van der Waals surface area contributed by atoms with E-state index in [1.54, 1.807) is 12.1 Å². The molecule has 2 heterocycles. The maximum atomic E-state index is 12.0. The van der Waals surface area contributed by atoms with E-state index in [2.05, 4.69) is 15.3 Å². The summed E-state index contributed by atoms with van der Waals surface area (Å²) in [6.45, 7) is 0. The molecule has 1 aromatic carbocycles. The fraction of sp³-hybridized carbons (Fsp3) is 0.133. The van der Waals surface area contributed by atoms with Crippen LogP contribution < -0.4 is 5.32 Å². The first-order valence-corrected chi connectivity index (χ1v) is 7.95. The molecule has 0 fully saturated rings. The zero-order chi connectivity index (χ0) is 15.5. The van der Waals surface area contributed by atoms with Crippen molar-refractivity contribution in [3.8, 4) is 0 Å². The number of rotatable bonds is 4. The summed E-state index contributed by atoms with van der Waals surface area (Å²) in [5, 5.41) is 4.07. The Hall–Kier alpha value is -2.05. The molecule has 7 heteroatoms. The van der Waals surface area contributed by atoms with Crippen molar-refractivity contribution in [3.05, 3.63) is 47.6 Å². The predicted molar refractivity (Wildman–Crippen MR) is 89.3 cm³/mol. The highest BCUT2D eigenvalue weighted by atomic mass is 35.5. The molecular weight excluding hydrogens is 320 g/mol. The lowest BCUT2D eigenvalue weighted by atomic mass is 10.3. The third-order valence-corrected chi connectivity index (χ3v) is 4.33. The molecule has 0 saturated carbocycles. The number of halogens is 1. The van der Waals surface area contributed by atoms with Gasteiger partial charge in [-0.1, -0.05) is 35.5 Å². The summed E-state index contributed by atoms with van der Waals surface area (Å²) in [6.07, 6.45) is 1.50. The number of imidazole rings is 1. The number of anilines is 1. The molecule has 0 saturated heterocycles. The molecule has 112 valence electrons. The molecule has 0 bridgehead atoms. The van der Waals surface area contributed by atoms with Crippen molar-refractivity contribution in [2.24, 2.45) is 7.05 Å². The van der Waals surface area contributed by atoms with E-state index < -0.39 is 0 Å². The van der Waals surface area contributed by atoms with Gasteiger partial charge in [0.25, 0.3) is 0 Å². The van der Waals surface area contributed by atoms with Crippen LogP contribution in [0.3, 0.4) is 0 Å². The third kappa shape index (κ3) is 3.23. The fourth-order valence-corrected chi connectivity index (χ4v) is 2.91. The monoisotopic (exact) mass is 332 g/mol. The van der Waals surface area contributed by atoms with Gasteiger partial charge >= 0.3 is 0 Å². The van der Waals surface area contributed by atoms with Crippen LogP contribution in [0.15, 0.2) is 47.8 Å². The Morgan fingerprint density at radius 2 is 2.14 bits per heavy atom. The number of nitrogens with zero attached hydrogens (tertiary/aromatic N) is 3. The Balaban J connectivity index is 1.64. The van der Waals surface area contributed by atoms with Crippen LogP contribution in [0.5, 0.6) is 0 Å². The molecule has 0 unspecified atom stereocenters. The summed E-state index contributed by atoms with van der Waals surface area (Å²) in [6, 6.07) is 11.2. The summed E-state index contributed by atoms with van der Waals surface area (Å²) in [5.74, 6) is 0.619. The van der Waals surface area contributed by atoms with Crippen LogP contribution in [0.4, 0.5) is 5.82 Å². The molecule has 0 atom stereocenters. The summed E-state index contributed by atoms with van der Waals surface area (Å²) in [5.41, 5.74) is 1.97. The number of carbonyl (C=O) groups is 1. The molecule has 3 aromatic rings. The van der Waals surface area contributed by atoms with Gasteiger partial charge in [-0.2, -0.15) is 0 Å². The Morgan fingerprint density at radius 1 is 1.32 bits per heavy atom. The largest absolute Gasteiger partial charge is 0.322 e. The fourth-order valence-electron chi connectivity index (χ4n) is 2.01. The van der Waals surface area contributed by atoms with Crippen LogP contribution in [0.2, 0.25) is 5.02 Å².